The molecule has 2 rings (SSSR count). The van der Waals surface area contributed by atoms with Crippen LogP contribution in [0.5, 0.6) is 5.75 Å². The highest BCUT2D eigenvalue weighted by atomic mass is 19.4. The molecule has 0 aliphatic heterocycles. The first-order chi connectivity index (χ1) is 12.1. The van der Waals surface area contributed by atoms with Crippen molar-refractivity contribution in [1.82, 2.24) is 5.32 Å². The molecule has 0 aromatic heterocycles. The van der Waals surface area contributed by atoms with Crippen molar-refractivity contribution < 1.29 is 36.6 Å². The smallest absolute Gasteiger partial charge is 0.416 e. The van der Waals surface area contributed by atoms with Crippen molar-refractivity contribution >= 4 is 5.91 Å². The largest absolute Gasteiger partial charge is 0.491 e. The summed E-state index contributed by atoms with van der Waals surface area (Å²) < 4.78 is 68.5. The Hall–Kier alpha value is -2.68. The van der Waals surface area contributed by atoms with E-state index in [1.54, 1.807) is 0 Å². The lowest BCUT2D eigenvalue weighted by Gasteiger charge is -2.14. The van der Waals surface area contributed by atoms with Crippen LogP contribution in [-0.2, 0) is 6.18 Å². The summed E-state index contributed by atoms with van der Waals surface area (Å²) in [5.74, 6) is -2.52. The van der Waals surface area contributed by atoms with E-state index in [9.17, 15) is 31.9 Å². The van der Waals surface area contributed by atoms with Crippen LogP contribution in [0, 0.1) is 11.6 Å². The number of amides is 1. The van der Waals surface area contributed by atoms with Gasteiger partial charge in [0.05, 0.1) is 5.56 Å². The zero-order valence-corrected chi connectivity index (χ0v) is 13.2. The summed E-state index contributed by atoms with van der Waals surface area (Å²) in [6.45, 7) is -0.583. The predicted octanol–water partition coefficient (Wildman–Crippen LogP) is 3.15. The normalized spacial score (nSPS) is 12.5. The van der Waals surface area contributed by atoms with E-state index in [1.165, 1.54) is 0 Å². The quantitative estimate of drug-likeness (QED) is 0.763. The van der Waals surface area contributed by atoms with E-state index in [4.69, 9.17) is 4.74 Å². The molecule has 0 fully saturated rings. The lowest BCUT2D eigenvalue weighted by Crippen LogP contribution is -2.35. The van der Waals surface area contributed by atoms with Crippen molar-refractivity contribution in [2.45, 2.75) is 12.3 Å². The number of nitrogens with one attached hydrogen (secondary N) is 1. The van der Waals surface area contributed by atoms with Crippen LogP contribution in [-0.4, -0.2) is 30.3 Å². The minimum Gasteiger partial charge on any atom is -0.491 e. The van der Waals surface area contributed by atoms with Gasteiger partial charge in [-0.2, -0.15) is 13.2 Å². The molecule has 0 bridgehead atoms. The van der Waals surface area contributed by atoms with Gasteiger partial charge in [-0.05, 0) is 36.4 Å². The summed E-state index contributed by atoms with van der Waals surface area (Å²) in [6.07, 6.45) is -5.64. The third kappa shape index (κ3) is 5.69. The lowest BCUT2D eigenvalue weighted by molar-refractivity contribution is -0.137. The SMILES string of the molecule is O=C(NCC(O)COc1ccc(C(F)(F)F)cc1)c1cc(F)cc(F)c1. The van der Waals surface area contributed by atoms with Gasteiger partial charge in [0.2, 0.25) is 0 Å². The number of hydrogen-bond acceptors (Lipinski definition) is 3. The number of carbonyl (C=O) groups is 1. The highest BCUT2D eigenvalue weighted by molar-refractivity contribution is 5.94. The van der Waals surface area contributed by atoms with E-state index in [-0.39, 0.29) is 24.5 Å². The number of carbonyl (C=O) groups excluding carboxylic acids is 1. The maximum atomic E-state index is 13.0. The summed E-state index contributed by atoms with van der Waals surface area (Å²) in [7, 11) is 0. The average molecular weight is 375 g/mol. The second-order valence-corrected chi connectivity index (χ2v) is 5.36. The summed E-state index contributed by atoms with van der Waals surface area (Å²) in [4.78, 5) is 11.8. The van der Waals surface area contributed by atoms with Gasteiger partial charge in [-0.3, -0.25) is 4.79 Å². The number of ether oxygens (including phenoxy) is 1. The molecule has 0 aliphatic rings. The Morgan fingerprint density at radius 3 is 2.19 bits per heavy atom. The molecule has 2 N–H and O–H groups in total. The van der Waals surface area contributed by atoms with E-state index in [0.29, 0.717) is 6.07 Å². The van der Waals surface area contributed by atoms with Crippen molar-refractivity contribution in [3.63, 3.8) is 0 Å². The molecule has 1 unspecified atom stereocenters. The molecule has 0 saturated heterocycles. The fraction of sp³-hybridized carbons (Fsp3) is 0.235. The molecule has 0 saturated carbocycles. The maximum absolute atomic E-state index is 13.0. The van der Waals surface area contributed by atoms with Gasteiger partial charge in [0, 0.05) is 18.2 Å². The second kappa shape index (κ2) is 8.13. The molecule has 0 heterocycles. The third-order valence-electron chi connectivity index (χ3n) is 3.25. The van der Waals surface area contributed by atoms with Crippen molar-refractivity contribution in [3.8, 4) is 5.75 Å². The van der Waals surface area contributed by atoms with Crippen LogP contribution in [0.25, 0.3) is 0 Å². The van der Waals surface area contributed by atoms with Crippen LogP contribution in [0.4, 0.5) is 22.0 Å². The Morgan fingerprint density at radius 2 is 1.65 bits per heavy atom. The third-order valence-corrected chi connectivity index (χ3v) is 3.25. The van der Waals surface area contributed by atoms with Crippen LogP contribution >= 0.6 is 0 Å². The van der Waals surface area contributed by atoms with Crippen LogP contribution in [0.1, 0.15) is 15.9 Å². The van der Waals surface area contributed by atoms with Gasteiger partial charge in [0.25, 0.3) is 5.91 Å². The predicted molar refractivity (Wildman–Crippen MR) is 81.6 cm³/mol. The fourth-order valence-corrected chi connectivity index (χ4v) is 1.99. The van der Waals surface area contributed by atoms with E-state index in [1.807, 2.05) is 0 Å². The first-order valence-electron chi connectivity index (χ1n) is 7.37. The number of benzene rings is 2. The van der Waals surface area contributed by atoms with Gasteiger partial charge in [-0.25, -0.2) is 8.78 Å². The molecular weight excluding hydrogens is 361 g/mol. The highest BCUT2D eigenvalue weighted by Gasteiger charge is 2.30. The van der Waals surface area contributed by atoms with E-state index >= 15 is 0 Å². The first kappa shape index (κ1) is 19.6. The number of alkyl halides is 3. The van der Waals surface area contributed by atoms with Crippen LogP contribution < -0.4 is 10.1 Å². The van der Waals surface area contributed by atoms with Crippen LogP contribution in [0.3, 0.4) is 0 Å². The fourth-order valence-electron chi connectivity index (χ4n) is 1.99. The number of rotatable bonds is 6. The topological polar surface area (TPSA) is 58.6 Å². The van der Waals surface area contributed by atoms with E-state index in [2.05, 4.69) is 5.32 Å². The van der Waals surface area contributed by atoms with Gasteiger partial charge in [0.15, 0.2) is 0 Å². The standard InChI is InChI=1S/C17H14F5NO3/c18-12-5-10(6-13(19)7-12)16(25)23-8-14(24)9-26-15-3-1-11(2-4-15)17(20,21)22/h1-7,14,24H,8-9H2,(H,23,25). The van der Waals surface area contributed by atoms with Gasteiger partial charge in [-0.1, -0.05) is 0 Å². The molecule has 0 aliphatic carbocycles. The van der Waals surface area contributed by atoms with Crippen molar-refractivity contribution in [3.05, 3.63) is 65.2 Å². The Labute approximate surface area is 145 Å². The Morgan fingerprint density at radius 1 is 1.08 bits per heavy atom. The van der Waals surface area contributed by atoms with Crippen LogP contribution in [0.15, 0.2) is 42.5 Å². The van der Waals surface area contributed by atoms with Crippen molar-refractivity contribution in [2.24, 2.45) is 0 Å². The number of aliphatic hydroxyl groups excluding tert-OH is 1. The molecule has 2 aromatic carbocycles. The molecule has 0 radical (unpaired) electrons. The van der Waals surface area contributed by atoms with E-state index in [0.717, 1.165) is 36.4 Å². The summed E-state index contributed by atoms with van der Waals surface area (Å²) in [5, 5.41) is 12.0. The number of halogens is 5. The van der Waals surface area contributed by atoms with Gasteiger partial charge < -0.3 is 15.2 Å². The molecule has 1 amide bonds. The molecule has 26 heavy (non-hydrogen) atoms. The summed E-state index contributed by atoms with van der Waals surface area (Å²) >= 11 is 0. The first-order valence-corrected chi connectivity index (χ1v) is 7.37. The van der Waals surface area contributed by atoms with Gasteiger partial charge in [-0.15, -0.1) is 0 Å². The lowest BCUT2D eigenvalue weighted by atomic mass is 10.2. The Kier molecular flexibility index (Phi) is 6.14. The van der Waals surface area contributed by atoms with E-state index < -0.39 is 35.4 Å². The molecule has 9 heteroatoms. The molecule has 2 aromatic rings. The maximum Gasteiger partial charge on any atom is 0.416 e. The molecule has 4 nitrogen and oxygen atoms in total. The van der Waals surface area contributed by atoms with Gasteiger partial charge in [0.1, 0.15) is 30.1 Å². The summed E-state index contributed by atoms with van der Waals surface area (Å²) in [6, 6.07) is 6.16. The Balaban J connectivity index is 1.81. The highest BCUT2D eigenvalue weighted by Crippen LogP contribution is 2.30. The Bertz CT molecular complexity index is 742. The van der Waals surface area contributed by atoms with Crippen LogP contribution in [0.2, 0.25) is 0 Å². The molecule has 1 atom stereocenters. The molecule has 0 spiro atoms. The minimum absolute atomic E-state index is 0.107. The molecular formula is C17H14F5NO3. The molecule has 140 valence electrons. The van der Waals surface area contributed by atoms with Crippen molar-refractivity contribution in [1.29, 1.82) is 0 Å². The zero-order chi connectivity index (χ0) is 19.3. The summed E-state index contributed by atoms with van der Waals surface area (Å²) in [5.41, 5.74) is -1.08. The number of hydrogen-bond donors (Lipinski definition) is 2. The van der Waals surface area contributed by atoms with Gasteiger partial charge >= 0.3 is 6.18 Å². The zero-order valence-electron chi connectivity index (χ0n) is 13.2. The average Bonchev–Trinajstić information content (AvgIpc) is 2.56. The number of aliphatic hydroxyl groups is 1. The van der Waals surface area contributed by atoms with Crippen molar-refractivity contribution in [2.75, 3.05) is 13.2 Å². The minimum atomic E-state index is -4.46. The second-order valence-electron chi connectivity index (χ2n) is 5.36. The monoisotopic (exact) mass is 375 g/mol.